The van der Waals surface area contributed by atoms with E-state index in [2.05, 4.69) is 115 Å². The van der Waals surface area contributed by atoms with Crippen LogP contribution in [0.2, 0.25) is 0 Å². The van der Waals surface area contributed by atoms with Crippen molar-refractivity contribution in [3.05, 3.63) is 165 Å². The molecule has 1 spiro atoms. The summed E-state index contributed by atoms with van der Waals surface area (Å²) in [4.78, 5) is 30.3. The molecule has 9 heteroatoms. The normalized spacial score (nSPS) is 31.4. The van der Waals surface area contributed by atoms with Gasteiger partial charge in [0.25, 0.3) is 0 Å². The molecule has 10 aliphatic rings. The van der Waals surface area contributed by atoms with Crippen molar-refractivity contribution in [1.82, 2.24) is 16.0 Å². The van der Waals surface area contributed by atoms with Crippen LogP contribution in [0.1, 0.15) is 112 Å². The molecule has 386 valence electrons. The maximum Gasteiger partial charge on any atom is 0.340 e. The number of carbonyl (C=O) groups is 2. The van der Waals surface area contributed by atoms with Crippen LogP contribution in [0, 0.1) is 52.3 Å². The number of cyclic esters (lactones) is 1. The third-order valence-corrected chi connectivity index (χ3v) is 19.6. The molecule has 74 heavy (non-hydrogen) atoms. The SMILES string of the molecule is CCC(C=C1OC(=O)C2=C3c4cc(O)ccc4-c4cccc(c4)CNCCc4cccc(c4)CC4CC(C5CCNC(NC)C5)(CC=C5OC(=O)C6=C5CCC5C3CCC12C65)CC4CCCO)Cc1ccccc1. The first-order chi connectivity index (χ1) is 36.2. The molecule has 2 saturated carbocycles. The Morgan fingerprint density at radius 1 is 0.851 bits per heavy atom. The van der Waals surface area contributed by atoms with Crippen molar-refractivity contribution in [3.63, 3.8) is 0 Å². The number of phenols is 1. The van der Waals surface area contributed by atoms with Crippen molar-refractivity contribution >= 4 is 17.5 Å². The van der Waals surface area contributed by atoms with Gasteiger partial charge in [-0.15, -0.1) is 0 Å². The number of carbonyl (C=O) groups excluding carboxylic acids is 2. The van der Waals surface area contributed by atoms with Gasteiger partial charge in [-0.1, -0.05) is 85.8 Å². The van der Waals surface area contributed by atoms with Crippen molar-refractivity contribution < 1.29 is 29.3 Å². The summed E-state index contributed by atoms with van der Waals surface area (Å²) in [6, 6.07) is 34.1. The van der Waals surface area contributed by atoms with Crippen LogP contribution in [0.4, 0.5) is 0 Å². The Hall–Kier alpha value is -5.58. The van der Waals surface area contributed by atoms with Gasteiger partial charge in [-0.2, -0.15) is 0 Å². The van der Waals surface area contributed by atoms with Gasteiger partial charge in [-0.05, 0) is 232 Å². The van der Waals surface area contributed by atoms with E-state index in [1.807, 2.05) is 18.2 Å². The number of aliphatic hydroxyl groups is 1. The number of ether oxygens (including phenoxy) is 2. The van der Waals surface area contributed by atoms with E-state index in [1.54, 1.807) is 6.07 Å². The second-order valence-electron chi connectivity index (χ2n) is 23.5. The fourth-order valence-corrected chi connectivity index (χ4v) is 16.3. The number of piperidine rings is 1. The number of allylic oxidation sites excluding steroid dienone is 5. The summed E-state index contributed by atoms with van der Waals surface area (Å²) in [5.41, 5.74) is 10.6. The zero-order valence-electron chi connectivity index (χ0n) is 43.5. The average Bonchev–Trinajstić information content (AvgIpc) is 4.06. The number of fused-ring (bicyclic) bond motifs is 5. The summed E-state index contributed by atoms with van der Waals surface area (Å²) < 4.78 is 13.4. The second kappa shape index (κ2) is 20.5. The number of esters is 2. The minimum Gasteiger partial charge on any atom is -0.508 e. The molecule has 4 aromatic rings. The lowest BCUT2D eigenvalue weighted by molar-refractivity contribution is -0.135. The van der Waals surface area contributed by atoms with Crippen LogP contribution < -0.4 is 16.0 Å². The molecule has 5 aliphatic heterocycles. The highest BCUT2D eigenvalue weighted by Crippen LogP contribution is 2.72. The summed E-state index contributed by atoms with van der Waals surface area (Å²) in [5, 5.41) is 32.7. The molecule has 0 amide bonds. The van der Waals surface area contributed by atoms with Gasteiger partial charge in [0.05, 0.1) is 17.2 Å². The first kappa shape index (κ1) is 49.3. The molecule has 10 unspecified atom stereocenters. The highest BCUT2D eigenvalue weighted by atomic mass is 16.6. The van der Waals surface area contributed by atoms with Gasteiger partial charge in [0.1, 0.15) is 17.3 Å². The Kier molecular flexibility index (Phi) is 13.7. The molecule has 9 nitrogen and oxygen atoms in total. The highest BCUT2D eigenvalue weighted by Gasteiger charge is 2.68. The molecular weight excluding hydrogens is 919 g/mol. The average molecular weight is 994 g/mol. The standard InChI is InChI=1S/C65H75N3O6/c1-3-40(30-41-10-5-4-6-11-41)34-56-65-26-21-51-52-19-20-53-55(73-62(71)59(53)60(52)65)22-25-64(48-24-28-68-57(35-48)66-2)37-46(16-9-29-69)47(38-64)32-43-13-7-12-42(31-43)23-27-67-39-44-14-8-15-45(33-44)50-18-17-49(70)36-54(50)58(51)61(65)63(72)74-56/h4-8,10-15,17-18,22,31,33-34,36,40,46-48,51-52,57,60,66-70H,3,9,16,19-21,23-30,32,35,37-39H2,1-2H3. The van der Waals surface area contributed by atoms with Gasteiger partial charge in [0.2, 0.25) is 0 Å². The Balaban J connectivity index is 1.03. The van der Waals surface area contributed by atoms with E-state index >= 15 is 9.59 Å². The zero-order valence-corrected chi connectivity index (χ0v) is 43.5. The van der Waals surface area contributed by atoms with Crippen molar-refractivity contribution in [2.24, 2.45) is 52.3 Å². The second-order valence-corrected chi connectivity index (χ2v) is 23.5. The topological polar surface area (TPSA) is 129 Å². The Bertz CT molecular complexity index is 2940. The van der Waals surface area contributed by atoms with E-state index in [1.165, 1.54) is 22.3 Å². The summed E-state index contributed by atoms with van der Waals surface area (Å²) in [5.74, 6) is 2.24. The fourth-order valence-electron chi connectivity index (χ4n) is 16.3. The first-order valence-corrected chi connectivity index (χ1v) is 28.3. The predicted octanol–water partition coefficient (Wildman–Crippen LogP) is 11.3. The zero-order chi connectivity index (χ0) is 50.6. The number of nitrogens with one attached hydrogen (secondary N) is 3. The third kappa shape index (κ3) is 8.83. The van der Waals surface area contributed by atoms with Crippen molar-refractivity contribution in [2.45, 2.75) is 116 Å². The van der Waals surface area contributed by atoms with Crippen molar-refractivity contribution in [3.8, 4) is 16.9 Å². The lowest BCUT2D eigenvalue weighted by atomic mass is 9.44. The third-order valence-electron chi connectivity index (χ3n) is 19.6. The number of hydrogen-bond acceptors (Lipinski definition) is 9. The molecule has 14 bridgehead atoms. The van der Waals surface area contributed by atoms with Crippen LogP contribution in [-0.2, 0) is 44.9 Å². The smallest absolute Gasteiger partial charge is 0.340 e. The molecule has 5 heterocycles. The maximum absolute atomic E-state index is 15.2. The van der Waals surface area contributed by atoms with Gasteiger partial charge >= 0.3 is 11.9 Å². The van der Waals surface area contributed by atoms with E-state index in [0.29, 0.717) is 42.1 Å². The monoisotopic (exact) mass is 994 g/mol. The number of rotatable bonds is 9. The van der Waals surface area contributed by atoms with Gasteiger partial charge < -0.3 is 35.6 Å². The van der Waals surface area contributed by atoms with E-state index in [9.17, 15) is 10.2 Å². The minimum atomic E-state index is -0.875. The Morgan fingerprint density at radius 3 is 2.55 bits per heavy atom. The predicted molar refractivity (Wildman–Crippen MR) is 290 cm³/mol. The van der Waals surface area contributed by atoms with Gasteiger partial charge in [0, 0.05) is 30.2 Å². The number of aromatic hydroxyl groups is 1. The summed E-state index contributed by atoms with van der Waals surface area (Å²) >= 11 is 0. The molecular formula is C65H75N3O6. The summed E-state index contributed by atoms with van der Waals surface area (Å²) in [6.07, 6.45) is 18.5. The molecule has 2 saturated heterocycles. The molecule has 14 rings (SSSR count). The number of benzene rings is 4. The van der Waals surface area contributed by atoms with Crippen molar-refractivity contribution in [2.75, 3.05) is 26.7 Å². The molecule has 4 aromatic carbocycles. The molecule has 5 N–H and O–H groups in total. The van der Waals surface area contributed by atoms with Gasteiger partial charge in [-0.25, -0.2) is 9.59 Å². The summed E-state index contributed by atoms with van der Waals surface area (Å²) in [6.45, 7) is 4.92. The van der Waals surface area contributed by atoms with E-state index in [0.717, 1.165) is 142 Å². The van der Waals surface area contributed by atoms with Gasteiger partial charge in [0.15, 0.2) is 0 Å². The molecule has 4 fully saturated rings. The maximum atomic E-state index is 15.2. The van der Waals surface area contributed by atoms with Crippen LogP contribution in [0.5, 0.6) is 5.75 Å². The lowest BCUT2D eigenvalue weighted by Crippen LogP contribution is -2.52. The van der Waals surface area contributed by atoms with E-state index < -0.39 is 5.41 Å². The molecule has 0 aromatic heterocycles. The first-order valence-electron chi connectivity index (χ1n) is 28.3. The van der Waals surface area contributed by atoms with E-state index in [4.69, 9.17) is 9.47 Å². The summed E-state index contributed by atoms with van der Waals surface area (Å²) in [7, 11) is 2.06. The fraction of sp³-hybridized carbons (Fsp3) is 0.477. The Morgan fingerprint density at radius 2 is 1.70 bits per heavy atom. The quantitative estimate of drug-likeness (QED) is 0.104. The number of aliphatic hydroxyl groups excluding tert-OH is 1. The van der Waals surface area contributed by atoms with Gasteiger partial charge in [-0.3, -0.25) is 0 Å². The lowest BCUT2D eigenvalue weighted by Gasteiger charge is -2.56. The van der Waals surface area contributed by atoms with Crippen LogP contribution >= 0.6 is 0 Å². The molecule has 0 radical (unpaired) electrons. The van der Waals surface area contributed by atoms with E-state index in [-0.39, 0.29) is 59.5 Å². The molecule has 10 atom stereocenters. The number of hydrogen-bond donors (Lipinski definition) is 5. The number of phenolic OH excluding ortho intramolecular Hbond substituents is 1. The van der Waals surface area contributed by atoms with Crippen LogP contribution in [0.3, 0.4) is 0 Å². The largest absolute Gasteiger partial charge is 0.508 e. The molecule has 5 aliphatic carbocycles. The van der Waals surface area contributed by atoms with Crippen molar-refractivity contribution in [1.29, 1.82) is 0 Å². The highest BCUT2D eigenvalue weighted by molar-refractivity contribution is 6.07. The minimum absolute atomic E-state index is 0.00568. The Labute approximate surface area is 438 Å². The van der Waals surface area contributed by atoms with Crippen LogP contribution in [0.15, 0.2) is 137 Å². The van der Waals surface area contributed by atoms with Crippen LogP contribution in [-0.4, -0.2) is 55.1 Å². The van der Waals surface area contributed by atoms with Crippen LogP contribution in [0.25, 0.3) is 16.7 Å².